The van der Waals surface area contributed by atoms with Crippen LogP contribution in [0.4, 0.5) is 0 Å². The van der Waals surface area contributed by atoms with Crippen LogP contribution < -0.4 is 0 Å². The summed E-state index contributed by atoms with van der Waals surface area (Å²) in [7, 11) is 4.26. The van der Waals surface area contributed by atoms with Crippen LogP contribution in [0.5, 0.6) is 0 Å². The summed E-state index contributed by atoms with van der Waals surface area (Å²) in [6.45, 7) is 1.77. The van der Waals surface area contributed by atoms with Crippen molar-refractivity contribution in [2.24, 2.45) is 0 Å². The van der Waals surface area contributed by atoms with Gasteiger partial charge < -0.3 is 14.8 Å². The van der Waals surface area contributed by atoms with Crippen molar-refractivity contribution in [2.75, 3.05) is 27.2 Å². The third-order valence-electron chi connectivity index (χ3n) is 5.29. The fraction of sp³-hybridized carbons (Fsp3) is 0.476. The van der Waals surface area contributed by atoms with E-state index < -0.39 is 0 Å². The number of nitrogens with one attached hydrogen (secondary N) is 1. The Kier molecular flexibility index (Phi) is 6.38. The Morgan fingerprint density at radius 2 is 1.92 bits per heavy atom. The lowest BCUT2D eigenvalue weighted by molar-refractivity contribution is -0.131. The highest BCUT2D eigenvalue weighted by molar-refractivity contribution is 6.30. The fourth-order valence-corrected chi connectivity index (χ4v) is 3.75. The van der Waals surface area contributed by atoms with Crippen molar-refractivity contribution in [2.45, 2.75) is 38.1 Å². The van der Waals surface area contributed by atoms with Gasteiger partial charge in [0.15, 0.2) is 0 Å². The number of aromatic amines is 1. The topological polar surface area (TPSA) is 39.3 Å². The number of amides is 1. The van der Waals surface area contributed by atoms with Crippen molar-refractivity contribution < 1.29 is 4.79 Å². The van der Waals surface area contributed by atoms with E-state index in [1.807, 2.05) is 29.2 Å². The number of H-pyrrole nitrogens is 1. The van der Waals surface area contributed by atoms with E-state index in [9.17, 15) is 4.79 Å². The van der Waals surface area contributed by atoms with Gasteiger partial charge in [-0.1, -0.05) is 23.7 Å². The normalized spacial score (nSPS) is 18.2. The standard InChI is InChI=1S/C21H28ClN3O/c1-24(2)19-4-3-14-25(15-13-19)21(26)12-10-18-9-11-20(23-18)16-5-7-17(22)8-6-16/h5-9,11,19,23H,3-4,10,12-15H2,1-2H3/t19-/m1/s1. The predicted octanol–water partition coefficient (Wildman–Crippen LogP) is 4.21. The molecule has 0 bridgehead atoms. The van der Waals surface area contributed by atoms with Gasteiger partial charge in [-0.2, -0.15) is 0 Å². The summed E-state index contributed by atoms with van der Waals surface area (Å²) >= 11 is 5.95. The van der Waals surface area contributed by atoms with Gasteiger partial charge in [0, 0.05) is 42.0 Å². The molecule has 3 rings (SSSR count). The van der Waals surface area contributed by atoms with Crippen molar-refractivity contribution in [1.29, 1.82) is 0 Å². The van der Waals surface area contributed by atoms with Crippen LogP contribution >= 0.6 is 11.6 Å². The molecule has 2 heterocycles. The third kappa shape index (κ3) is 4.89. The molecule has 4 nitrogen and oxygen atoms in total. The van der Waals surface area contributed by atoms with Crippen molar-refractivity contribution in [3.05, 3.63) is 47.1 Å². The van der Waals surface area contributed by atoms with E-state index in [1.54, 1.807) is 0 Å². The molecule has 0 unspecified atom stereocenters. The minimum absolute atomic E-state index is 0.270. The monoisotopic (exact) mass is 373 g/mol. The Balaban J connectivity index is 1.52. The summed E-state index contributed by atoms with van der Waals surface area (Å²) in [4.78, 5) is 20.4. The molecule has 0 radical (unpaired) electrons. The number of aromatic nitrogens is 1. The second-order valence-electron chi connectivity index (χ2n) is 7.33. The molecule has 1 amide bonds. The first kappa shape index (κ1) is 19.0. The summed E-state index contributed by atoms with van der Waals surface area (Å²) in [5.41, 5.74) is 3.27. The molecule has 26 heavy (non-hydrogen) atoms. The van der Waals surface area contributed by atoms with E-state index >= 15 is 0 Å². The van der Waals surface area contributed by atoms with Crippen molar-refractivity contribution in [3.8, 4) is 11.3 Å². The maximum atomic E-state index is 12.6. The number of nitrogens with zero attached hydrogens (tertiary/aromatic N) is 2. The number of halogens is 1. The number of hydrogen-bond donors (Lipinski definition) is 1. The number of rotatable bonds is 5. The predicted molar refractivity (Wildman–Crippen MR) is 107 cm³/mol. The second kappa shape index (κ2) is 8.74. The quantitative estimate of drug-likeness (QED) is 0.852. The summed E-state index contributed by atoms with van der Waals surface area (Å²) in [5, 5.41) is 0.736. The summed E-state index contributed by atoms with van der Waals surface area (Å²) in [6, 6.07) is 12.5. The molecule has 1 saturated heterocycles. The van der Waals surface area contributed by atoms with Gasteiger partial charge in [-0.15, -0.1) is 0 Å². The van der Waals surface area contributed by atoms with Gasteiger partial charge >= 0.3 is 0 Å². The minimum Gasteiger partial charge on any atom is -0.358 e. The van der Waals surface area contributed by atoms with Crippen LogP contribution in [0.3, 0.4) is 0 Å². The molecule has 1 atom stereocenters. The largest absolute Gasteiger partial charge is 0.358 e. The zero-order valence-corrected chi connectivity index (χ0v) is 16.4. The maximum Gasteiger partial charge on any atom is 0.222 e. The van der Waals surface area contributed by atoms with Crippen LogP contribution in [-0.2, 0) is 11.2 Å². The van der Waals surface area contributed by atoms with E-state index in [0.717, 1.165) is 54.3 Å². The summed E-state index contributed by atoms with van der Waals surface area (Å²) < 4.78 is 0. The van der Waals surface area contributed by atoms with Gasteiger partial charge in [0.1, 0.15) is 0 Å². The van der Waals surface area contributed by atoms with Gasteiger partial charge in [0.25, 0.3) is 0 Å². The summed E-state index contributed by atoms with van der Waals surface area (Å²) in [6.07, 6.45) is 4.66. The molecule has 1 aromatic carbocycles. The number of likely N-dealkylation sites (tertiary alicyclic amines) is 1. The first-order valence-electron chi connectivity index (χ1n) is 9.41. The molecule has 1 N–H and O–H groups in total. The van der Waals surface area contributed by atoms with Gasteiger partial charge in [0.05, 0.1) is 0 Å². The molecule has 140 valence electrons. The van der Waals surface area contributed by atoms with Crippen LogP contribution in [0.15, 0.2) is 36.4 Å². The molecule has 0 aliphatic carbocycles. The Hall–Kier alpha value is -1.78. The van der Waals surface area contributed by atoms with Crippen LogP contribution in [0.25, 0.3) is 11.3 Å². The molecule has 2 aromatic rings. The number of benzene rings is 1. The molecule has 5 heteroatoms. The lowest BCUT2D eigenvalue weighted by Gasteiger charge is -2.23. The van der Waals surface area contributed by atoms with E-state index in [0.29, 0.717) is 12.5 Å². The van der Waals surface area contributed by atoms with E-state index in [1.165, 1.54) is 6.42 Å². The molecule has 1 aliphatic heterocycles. The van der Waals surface area contributed by atoms with E-state index in [4.69, 9.17) is 11.6 Å². The van der Waals surface area contributed by atoms with Crippen molar-refractivity contribution in [3.63, 3.8) is 0 Å². The van der Waals surface area contributed by atoms with Gasteiger partial charge in [-0.25, -0.2) is 0 Å². The Morgan fingerprint density at radius 3 is 2.65 bits per heavy atom. The van der Waals surface area contributed by atoms with Gasteiger partial charge in [-0.05, 0) is 69.6 Å². The average Bonchev–Trinajstić information content (AvgIpc) is 2.95. The zero-order valence-electron chi connectivity index (χ0n) is 15.7. The number of hydrogen-bond acceptors (Lipinski definition) is 2. The Bertz CT molecular complexity index is 723. The van der Waals surface area contributed by atoms with Gasteiger partial charge in [0.2, 0.25) is 5.91 Å². The lowest BCUT2D eigenvalue weighted by atomic mass is 10.1. The first-order valence-corrected chi connectivity index (χ1v) is 9.79. The minimum atomic E-state index is 0.270. The SMILES string of the molecule is CN(C)[C@@H]1CCCN(C(=O)CCc2ccc(-c3ccc(Cl)cc3)[nH]2)CC1. The molecule has 1 aliphatic rings. The molecule has 1 aromatic heterocycles. The van der Waals surface area contributed by atoms with Crippen LogP contribution in [0, 0.1) is 0 Å². The van der Waals surface area contributed by atoms with Crippen molar-refractivity contribution in [1.82, 2.24) is 14.8 Å². The maximum absolute atomic E-state index is 12.6. The van der Waals surface area contributed by atoms with Crippen molar-refractivity contribution >= 4 is 17.5 Å². The lowest BCUT2D eigenvalue weighted by Crippen LogP contribution is -2.33. The number of aryl methyl sites for hydroxylation is 1. The first-order chi connectivity index (χ1) is 12.5. The highest BCUT2D eigenvalue weighted by Gasteiger charge is 2.21. The Labute approximate surface area is 161 Å². The molecule has 0 spiro atoms. The molecule has 1 fully saturated rings. The molecule has 0 saturated carbocycles. The van der Waals surface area contributed by atoms with Crippen LogP contribution in [0.1, 0.15) is 31.4 Å². The third-order valence-corrected chi connectivity index (χ3v) is 5.54. The number of carbonyl (C=O) groups is 1. The zero-order chi connectivity index (χ0) is 18.5. The summed E-state index contributed by atoms with van der Waals surface area (Å²) in [5.74, 6) is 0.270. The molecular formula is C21H28ClN3O. The van der Waals surface area contributed by atoms with Crippen LogP contribution in [-0.4, -0.2) is 53.9 Å². The highest BCUT2D eigenvalue weighted by Crippen LogP contribution is 2.22. The smallest absolute Gasteiger partial charge is 0.222 e. The van der Waals surface area contributed by atoms with E-state index in [-0.39, 0.29) is 5.91 Å². The average molecular weight is 374 g/mol. The van der Waals surface area contributed by atoms with Crippen LogP contribution in [0.2, 0.25) is 5.02 Å². The number of carbonyl (C=O) groups excluding carboxylic acids is 1. The van der Waals surface area contributed by atoms with E-state index in [2.05, 4.69) is 36.1 Å². The Morgan fingerprint density at radius 1 is 1.15 bits per heavy atom. The highest BCUT2D eigenvalue weighted by atomic mass is 35.5. The molecular weight excluding hydrogens is 346 g/mol. The fourth-order valence-electron chi connectivity index (χ4n) is 3.63. The van der Waals surface area contributed by atoms with Gasteiger partial charge in [-0.3, -0.25) is 4.79 Å². The second-order valence-corrected chi connectivity index (χ2v) is 7.77.